The van der Waals surface area contributed by atoms with E-state index in [1.165, 1.54) is 13.8 Å². The number of halogens is 6. The Labute approximate surface area is 285 Å². The molecule has 1 heterocycles. The van der Waals surface area contributed by atoms with Crippen LogP contribution < -0.4 is 29.6 Å². The zero-order valence-electron chi connectivity index (χ0n) is 23.8. The maximum atomic E-state index is 11.7. The molecule has 16 heteroatoms. The highest BCUT2D eigenvalue weighted by Gasteiger charge is 2.36. The van der Waals surface area contributed by atoms with Crippen molar-refractivity contribution in [1.82, 2.24) is 10.6 Å². The molecule has 1 aliphatic rings. The van der Waals surface area contributed by atoms with Gasteiger partial charge in [0.25, 0.3) is 0 Å². The summed E-state index contributed by atoms with van der Waals surface area (Å²) < 4.78 is 31.3. The van der Waals surface area contributed by atoms with E-state index in [4.69, 9.17) is 98.0 Å². The number of hydrogen-bond acceptors (Lipinski definition) is 8. The second-order valence-corrected chi connectivity index (χ2v) is 14.1. The van der Waals surface area contributed by atoms with Crippen molar-refractivity contribution in [2.45, 2.75) is 33.5 Å². The molecule has 0 bridgehead atoms. The molecular formula is C28H32Cl6N2O8. The molecule has 0 unspecified atom stereocenters. The standard InChI is InChI=1S/C28H32Cl6N2O8/c1-17(37)35-25(27(29,30)31)19-3-5-21-23(15-19)43-13-9-40-10-14-44-24-16-20(26(28(32,33)34)36-18(2)38)4-6-22(24)42-12-8-39-7-11-41-21/h3-6,15-16,25-26H,7-14H2,1-2H3,(H,35,37)(H,36,38)/t25-,26-/m0/s1. The van der Waals surface area contributed by atoms with E-state index in [0.717, 1.165) is 0 Å². The summed E-state index contributed by atoms with van der Waals surface area (Å²) in [5.41, 5.74) is 1.00. The molecule has 2 amide bonds. The van der Waals surface area contributed by atoms with Gasteiger partial charge in [-0.25, -0.2) is 0 Å². The highest BCUT2D eigenvalue weighted by atomic mass is 35.6. The lowest BCUT2D eigenvalue weighted by Gasteiger charge is -2.26. The molecule has 2 aromatic rings. The van der Waals surface area contributed by atoms with E-state index in [1.54, 1.807) is 36.4 Å². The van der Waals surface area contributed by atoms with Crippen LogP contribution in [0.2, 0.25) is 0 Å². The van der Waals surface area contributed by atoms with E-state index < -0.39 is 19.7 Å². The zero-order valence-corrected chi connectivity index (χ0v) is 28.3. The molecule has 0 fully saturated rings. The van der Waals surface area contributed by atoms with Gasteiger partial charge in [0.2, 0.25) is 19.4 Å². The Morgan fingerprint density at radius 3 is 1.18 bits per heavy atom. The van der Waals surface area contributed by atoms with Gasteiger partial charge in [-0.1, -0.05) is 81.7 Å². The Bertz CT molecular complexity index is 1160. The van der Waals surface area contributed by atoms with E-state index in [2.05, 4.69) is 10.6 Å². The van der Waals surface area contributed by atoms with Crippen LogP contribution in [0.1, 0.15) is 37.1 Å². The molecule has 0 saturated heterocycles. The summed E-state index contributed by atoms with van der Waals surface area (Å²) in [5, 5.41) is 5.29. The van der Waals surface area contributed by atoms with Crippen LogP contribution in [-0.2, 0) is 19.1 Å². The fraction of sp³-hybridized carbons (Fsp3) is 0.500. The fourth-order valence-electron chi connectivity index (χ4n) is 4.03. The Hall–Kier alpha value is -1.76. The van der Waals surface area contributed by atoms with Crippen molar-refractivity contribution in [3.05, 3.63) is 47.5 Å². The molecule has 0 saturated carbocycles. The predicted molar refractivity (Wildman–Crippen MR) is 170 cm³/mol. The average Bonchev–Trinajstić information content (AvgIpc) is 2.93. The van der Waals surface area contributed by atoms with Gasteiger partial charge < -0.3 is 39.1 Å². The summed E-state index contributed by atoms with van der Waals surface area (Å²) in [6.45, 7) is 4.28. The number of fused-ring (bicyclic) bond motifs is 2. The number of alkyl halides is 6. The lowest BCUT2D eigenvalue weighted by molar-refractivity contribution is -0.120. The third-order valence-electron chi connectivity index (χ3n) is 5.89. The molecule has 1 aliphatic heterocycles. The lowest BCUT2D eigenvalue weighted by Crippen LogP contribution is -2.35. The van der Waals surface area contributed by atoms with Gasteiger partial charge >= 0.3 is 0 Å². The van der Waals surface area contributed by atoms with Crippen LogP contribution in [0.3, 0.4) is 0 Å². The summed E-state index contributed by atoms with van der Waals surface area (Å²) in [4.78, 5) is 23.5. The number of carbonyl (C=O) groups is 2. The van der Waals surface area contributed by atoms with Crippen LogP contribution in [-0.4, -0.2) is 72.3 Å². The zero-order chi connectivity index (χ0) is 32.3. The Balaban J connectivity index is 1.73. The van der Waals surface area contributed by atoms with Crippen molar-refractivity contribution >= 4 is 81.4 Å². The molecule has 10 nitrogen and oxygen atoms in total. The highest BCUT2D eigenvalue weighted by Crippen LogP contribution is 2.43. The number of rotatable bonds is 4. The smallest absolute Gasteiger partial charge is 0.217 e. The number of nitrogens with one attached hydrogen (secondary N) is 2. The van der Waals surface area contributed by atoms with Crippen LogP contribution >= 0.6 is 69.6 Å². The van der Waals surface area contributed by atoms with E-state index in [-0.39, 0.29) is 64.7 Å². The summed E-state index contributed by atoms with van der Waals surface area (Å²) >= 11 is 36.8. The van der Waals surface area contributed by atoms with Crippen LogP contribution in [0.4, 0.5) is 0 Å². The van der Waals surface area contributed by atoms with E-state index in [9.17, 15) is 9.59 Å². The minimum absolute atomic E-state index is 0.153. The van der Waals surface area contributed by atoms with Crippen molar-refractivity contribution in [2.75, 3.05) is 52.9 Å². The van der Waals surface area contributed by atoms with E-state index in [0.29, 0.717) is 34.1 Å². The molecular weight excluding hydrogens is 705 g/mol. The fourth-order valence-corrected chi connectivity index (χ4v) is 5.12. The maximum absolute atomic E-state index is 11.7. The second kappa shape index (κ2) is 17.2. The monoisotopic (exact) mass is 734 g/mol. The van der Waals surface area contributed by atoms with Crippen molar-refractivity contribution < 1.29 is 38.0 Å². The largest absolute Gasteiger partial charge is 0.487 e. The molecule has 0 radical (unpaired) electrons. The number of ether oxygens (including phenoxy) is 6. The van der Waals surface area contributed by atoms with Gasteiger partial charge in [0.05, 0.1) is 26.4 Å². The van der Waals surface area contributed by atoms with Gasteiger partial charge in [0.1, 0.15) is 38.5 Å². The summed E-state index contributed by atoms with van der Waals surface area (Å²) in [6.07, 6.45) is 0. The van der Waals surface area contributed by atoms with Crippen molar-refractivity contribution in [2.24, 2.45) is 0 Å². The molecule has 2 N–H and O–H groups in total. The first-order chi connectivity index (χ1) is 20.8. The first kappa shape index (κ1) is 36.7. The molecule has 0 aliphatic carbocycles. The van der Waals surface area contributed by atoms with Crippen LogP contribution in [0, 0.1) is 0 Å². The molecule has 3 rings (SSSR count). The predicted octanol–water partition coefficient (Wildman–Crippen LogP) is 6.04. The van der Waals surface area contributed by atoms with Gasteiger partial charge in [0.15, 0.2) is 23.0 Å². The van der Waals surface area contributed by atoms with Gasteiger partial charge in [-0.2, -0.15) is 0 Å². The van der Waals surface area contributed by atoms with Crippen molar-refractivity contribution in [3.8, 4) is 23.0 Å². The third-order valence-corrected chi connectivity index (χ3v) is 7.20. The molecule has 244 valence electrons. The number of amides is 2. The van der Waals surface area contributed by atoms with Gasteiger partial charge in [-0.15, -0.1) is 0 Å². The Morgan fingerprint density at radius 1 is 0.568 bits per heavy atom. The van der Waals surface area contributed by atoms with Gasteiger partial charge in [-0.3, -0.25) is 9.59 Å². The second-order valence-electron chi connectivity index (χ2n) is 9.38. The Morgan fingerprint density at radius 2 is 0.886 bits per heavy atom. The summed E-state index contributed by atoms with van der Waals surface area (Å²) in [7, 11) is 0. The van der Waals surface area contributed by atoms with E-state index >= 15 is 0 Å². The van der Waals surface area contributed by atoms with Crippen molar-refractivity contribution in [1.29, 1.82) is 0 Å². The molecule has 2 atom stereocenters. The normalized spacial score (nSPS) is 16.9. The molecule has 44 heavy (non-hydrogen) atoms. The summed E-state index contributed by atoms with van der Waals surface area (Å²) in [6, 6.07) is 8.07. The number of benzene rings is 2. The minimum Gasteiger partial charge on any atom is -0.487 e. The molecule has 2 aromatic carbocycles. The first-order valence-corrected chi connectivity index (χ1v) is 15.6. The SMILES string of the molecule is CC(=O)N[C@@H](c1ccc2c(c1)OCCOCCOc1cc([C@H](NC(C)=O)C(Cl)(Cl)Cl)ccc1OCCOCCO2)C(Cl)(Cl)Cl. The summed E-state index contributed by atoms with van der Waals surface area (Å²) in [5.74, 6) is 0.847. The average molecular weight is 737 g/mol. The number of hydrogen-bond donors (Lipinski definition) is 2. The minimum atomic E-state index is -1.82. The number of carbonyl (C=O) groups excluding carboxylic acids is 2. The van der Waals surface area contributed by atoms with Crippen LogP contribution in [0.15, 0.2) is 36.4 Å². The molecule has 0 spiro atoms. The van der Waals surface area contributed by atoms with Gasteiger partial charge in [-0.05, 0) is 35.4 Å². The maximum Gasteiger partial charge on any atom is 0.217 e. The van der Waals surface area contributed by atoms with Crippen LogP contribution in [0.25, 0.3) is 0 Å². The van der Waals surface area contributed by atoms with Crippen LogP contribution in [0.5, 0.6) is 23.0 Å². The Kier molecular flexibility index (Phi) is 14.4. The van der Waals surface area contributed by atoms with E-state index in [1.807, 2.05) is 0 Å². The quantitative estimate of drug-likeness (QED) is 0.366. The topological polar surface area (TPSA) is 114 Å². The highest BCUT2D eigenvalue weighted by molar-refractivity contribution is 6.68. The van der Waals surface area contributed by atoms with Gasteiger partial charge in [0, 0.05) is 13.8 Å². The molecule has 0 aromatic heterocycles. The lowest BCUT2D eigenvalue weighted by atomic mass is 10.1. The third kappa shape index (κ3) is 11.9. The first-order valence-electron chi connectivity index (χ1n) is 13.4. The van der Waals surface area contributed by atoms with Crippen molar-refractivity contribution in [3.63, 3.8) is 0 Å².